The number of nitrogens with one attached hydrogen (secondary N) is 2. The maximum absolute atomic E-state index is 11.4. The monoisotopic (exact) mass is 230 g/mol. The molecule has 2 aromatic rings. The summed E-state index contributed by atoms with van der Waals surface area (Å²) in [5.74, 6) is 0.0380. The Hall–Kier alpha value is -2.57. The number of hydrazone groups is 1. The fourth-order valence-electron chi connectivity index (χ4n) is 1.16. The van der Waals surface area contributed by atoms with Crippen LogP contribution in [0.3, 0.4) is 0 Å². The van der Waals surface area contributed by atoms with Crippen molar-refractivity contribution in [3.8, 4) is 0 Å². The maximum atomic E-state index is 11.4. The first-order chi connectivity index (χ1) is 8.34. The molecule has 0 spiro atoms. The molecule has 0 aliphatic heterocycles. The average Bonchev–Trinajstić information content (AvgIpc) is 2.83. The van der Waals surface area contributed by atoms with Gasteiger partial charge in [0.2, 0.25) is 5.91 Å². The van der Waals surface area contributed by atoms with E-state index in [1.807, 2.05) is 30.3 Å². The first kappa shape index (κ1) is 10.9. The highest BCUT2D eigenvalue weighted by molar-refractivity contribution is 5.82. The van der Waals surface area contributed by atoms with Crippen LogP contribution in [0, 0.1) is 0 Å². The van der Waals surface area contributed by atoms with Gasteiger partial charge in [-0.2, -0.15) is 10.3 Å². The fraction of sp³-hybridized carbons (Fsp3) is 0.100. The highest BCUT2D eigenvalue weighted by Gasteiger charge is 2.05. The Morgan fingerprint density at radius 3 is 2.94 bits per heavy atom. The molecule has 0 bridgehead atoms. The number of aromatic nitrogens is 4. The van der Waals surface area contributed by atoms with Gasteiger partial charge in [0.1, 0.15) is 0 Å². The zero-order valence-electron chi connectivity index (χ0n) is 8.87. The van der Waals surface area contributed by atoms with Gasteiger partial charge in [-0.15, -0.1) is 10.2 Å². The minimum absolute atomic E-state index is 0.0443. The van der Waals surface area contributed by atoms with Crippen LogP contribution in [0.5, 0.6) is 0 Å². The zero-order chi connectivity index (χ0) is 11.9. The van der Waals surface area contributed by atoms with Gasteiger partial charge in [0.15, 0.2) is 5.82 Å². The lowest BCUT2D eigenvalue weighted by Crippen LogP contribution is -2.20. The van der Waals surface area contributed by atoms with Crippen LogP contribution in [0.4, 0.5) is 0 Å². The summed E-state index contributed by atoms with van der Waals surface area (Å²) in [7, 11) is 0. The van der Waals surface area contributed by atoms with E-state index in [9.17, 15) is 4.79 Å². The second-order valence-corrected chi connectivity index (χ2v) is 3.21. The molecule has 1 heterocycles. The molecule has 17 heavy (non-hydrogen) atoms. The van der Waals surface area contributed by atoms with Crippen molar-refractivity contribution in [2.75, 3.05) is 0 Å². The highest BCUT2D eigenvalue weighted by atomic mass is 16.2. The molecule has 1 aromatic heterocycles. The molecule has 1 aromatic carbocycles. The van der Waals surface area contributed by atoms with E-state index in [-0.39, 0.29) is 12.3 Å². The molecule has 86 valence electrons. The van der Waals surface area contributed by atoms with E-state index in [1.54, 1.807) is 6.21 Å². The van der Waals surface area contributed by atoms with Crippen molar-refractivity contribution in [1.82, 2.24) is 26.0 Å². The second-order valence-electron chi connectivity index (χ2n) is 3.21. The Morgan fingerprint density at radius 1 is 1.41 bits per heavy atom. The third kappa shape index (κ3) is 3.49. The van der Waals surface area contributed by atoms with Gasteiger partial charge in [-0.25, -0.2) is 5.43 Å². The van der Waals surface area contributed by atoms with Gasteiger partial charge in [0, 0.05) is 0 Å². The number of hydrogen-bond donors (Lipinski definition) is 2. The number of nitrogens with zero attached hydrogens (tertiary/aromatic N) is 4. The van der Waals surface area contributed by atoms with Gasteiger partial charge in [0.25, 0.3) is 0 Å². The van der Waals surface area contributed by atoms with Crippen LogP contribution in [0.15, 0.2) is 35.4 Å². The van der Waals surface area contributed by atoms with Crippen molar-refractivity contribution in [2.45, 2.75) is 6.42 Å². The van der Waals surface area contributed by atoms with Gasteiger partial charge in [-0.1, -0.05) is 35.5 Å². The predicted octanol–water partition coefficient (Wildman–Crippen LogP) is -0.107. The van der Waals surface area contributed by atoms with Gasteiger partial charge >= 0.3 is 0 Å². The number of tetrazole rings is 1. The van der Waals surface area contributed by atoms with Gasteiger partial charge < -0.3 is 0 Å². The normalized spacial score (nSPS) is 10.6. The summed E-state index contributed by atoms with van der Waals surface area (Å²) in [6, 6.07) is 9.46. The number of benzene rings is 1. The van der Waals surface area contributed by atoms with E-state index < -0.39 is 0 Å². The van der Waals surface area contributed by atoms with Crippen LogP contribution in [-0.2, 0) is 11.2 Å². The Balaban J connectivity index is 1.82. The van der Waals surface area contributed by atoms with Gasteiger partial charge in [-0.3, -0.25) is 4.79 Å². The van der Waals surface area contributed by atoms with E-state index in [1.165, 1.54) is 0 Å². The van der Waals surface area contributed by atoms with E-state index in [0.717, 1.165) is 5.56 Å². The summed E-state index contributed by atoms with van der Waals surface area (Å²) in [5, 5.41) is 16.8. The zero-order valence-corrected chi connectivity index (χ0v) is 8.87. The lowest BCUT2D eigenvalue weighted by Gasteiger charge is -1.95. The van der Waals surface area contributed by atoms with Crippen LogP contribution in [0.1, 0.15) is 11.4 Å². The maximum Gasteiger partial charge on any atom is 0.247 e. The molecule has 2 rings (SSSR count). The first-order valence-corrected chi connectivity index (χ1v) is 4.94. The van der Waals surface area contributed by atoms with Crippen molar-refractivity contribution < 1.29 is 4.79 Å². The van der Waals surface area contributed by atoms with E-state index in [4.69, 9.17) is 0 Å². The summed E-state index contributed by atoms with van der Waals surface area (Å²) in [4.78, 5) is 11.4. The number of hydrogen-bond acceptors (Lipinski definition) is 5. The molecule has 0 saturated carbocycles. The topological polar surface area (TPSA) is 95.9 Å². The number of rotatable bonds is 4. The molecule has 7 heteroatoms. The van der Waals surface area contributed by atoms with Crippen molar-refractivity contribution in [3.05, 3.63) is 41.7 Å². The number of carbonyl (C=O) groups is 1. The quantitative estimate of drug-likeness (QED) is 0.566. The van der Waals surface area contributed by atoms with Gasteiger partial charge in [-0.05, 0) is 5.56 Å². The molecule has 1 amide bonds. The summed E-state index contributed by atoms with van der Waals surface area (Å²) in [5.41, 5.74) is 3.29. The number of H-pyrrole nitrogens is 1. The van der Waals surface area contributed by atoms with Crippen LogP contribution in [0.25, 0.3) is 0 Å². The smallest absolute Gasteiger partial charge is 0.247 e. The first-order valence-electron chi connectivity index (χ1n) is 4.94. The molecule has 0 atom stereocenters. The summed E-state index contributed by atoms with van der Waals surface area (Å²) >= 11 is 0. The standard InChI is InChI=1S/C10H10N6O/c17-10(6-9-12-15-16-13-9)14-11-7-8-4-2-1-3-5-8/h1-5,7H,6H2,(H,14,17)(H,12,13,15,16). The molecular formula is C10H10N6O. The number of amides is 1. The minimum Gasteiger partial charge on any atom is -0.273 e. The van der Waals surface area contributed by atoms with Crippen molar-refractivity contribution >= 4 is 12.1 Å². The summed E-state index contributed by atoms with van der Waals surface area (Å²) < 4.78 is 0. The number of carbonyl (C=O) groups excluding carboxylic acids is 1. The molecule has 2 N–H and O–H groups in total. The Kier molecular flexibility index (Phi) is 3.53. The number of aromatic amines is 1. The van der Waals surface area contributed by atoms with Crippen LogP contribution < -0.4 is 5.43 Å². The molecule has 0 radical (unpaired) electrons. The largest absolute Gasteiger partial charge is 0.273 e. The molecule has 0 unspecified atom stereocenters. The SMILES string of the molecule is O=C(Cc1nn[nH]n1)NN=Cc1ccccc1. The summed E-state index contributed by atoms with van der Waals surface area (Å²) in [6.07, 6.45) is 1.61. The van der Waals surface area contributed by atoms with Crippen molar-refractivity contribution in [3.63, 3.8) is 0 Å². The third-order valence-electron chi connectivity index (χ3n) is 1.91. The van der Waals surface area contributed by atoms with Crippen LogP contribution in [0.2, 0.25) is 0 Å². The summed E-state index contributed by atoms with van der Waals surface area (Å²) in [6.45, 7) is 0. The second kappa shape index (κ2) is 5.50. The lowest BCUT2D eigenvalue weighted by atomic mass is 10.2. The van der Waals surface area contributed by atoms with Crippen LogP contribution in [-0.4, -0.2) is 32.7 Å². The Bertz CT molecular complexity index is 493. The molecule has 7 nitrogen and oxygen atoms in total. The van der Waals surface area contributed by atoms with E-state index in [2.05, 4.69) is 31.2 Å². The van der Waals surface area contributed by atoms with Crippen molar-refractivity contribution in [1.29, 1.82) is 0 Å². The molecule has 0 aliphatic carbocycles. The minimum atomic E-state index is -0.293. The van der Waals surface area contributed by atoms with E-state index >= 15 is 0 Å². The highest BCUT2D eigenvalue weighted by Crippen LogP contribution is 1.93. The lowest BCUT2D eigenvalue weighted by molar-refractivity contribution is -0.120. The molecule has 0 aliphatic rings. The fourth-order valence-corrected chi connectivity index (χ4v) is 1.16. The average molecular weight is 230 g/mol. The van der Waals surface area contributed by atoms with Crippen molar-refractivity contribution in [2.24, 2.45) is 5.10 Å². The molecule has 0 saturated heterocycles. The van der Waals surface area contributed by atoms with Crippen LogP contribution >= 0.6 is 0 Å². The molecular weight excluding hydrogens is 220 g/mol. The predicted molar refractivity (Wildman–Crippen MR) is 60.1 cm³/mol. The Labute approximate surface area is 96.9 Å². The third-order valence-corrected chi connectivity index (χ3v) is 1.91. The Morgan fingerprint density at radius 2 is 2.24 bits per heavy atom. The molecule has 0 fully saturated rings. The van der Waals surface area contributed by atoms with E-state index in [0.29, 0.717) is 5.82 Å². The van der Waals surface area contributed by atoms with Gasteiger partial charge in [0.05, 0.1) is 12.6 Å².